The summed E-state index contributed by atoms with van der Waals surface area (Å²) in [5, 5.41) is 3.57. The second-order valence-corrected chi connectivity index (χ2v) is 6.17. The highest BCUT2D eigenvalue weighted by atomic mass is 15.2. The summed E-state index contributed by atoms with van der Waals surface area (Å²) in [6.45, 7) is 5.47. The van der Waals surface area contributed by atoms with Crippen molar-refractivity contribution in [2.45, 2.75) is 19.5 Å². The molecule has 2 heterocycles. The minimum atomic E-state index is 0.590. The van der Waals surface area contributed by atoms with Crippen molar-refractivity contribution in [2.75, 3.05) is 18.4 Å². The first kappa shape index (κ1) is 12.8. The van der Waals surface area contributed by atoms with Crippen LogP contribution in [-0.2, 0) is 6.54 Å². The number of piperidine rings is 1. The van der Waals surface area contributed by atoms with Crippen LogP contribution >= 0.6 is 0 Å². The van der Waals surface area contributed by atoms with E-state index in [4.69, 9.17) is 0 Å². The summed E-state index contributed by atoms with van der Waals surface area (Å²) in [4.78, 5) is 11.2. The molecule has 1 saturated heterocycles. The second-order valence-electron chi connectivity index (χ2n) is 6.17. The summed E-state index contributed by atoms with van der Waals surface area (Å²) in [5.41, 5.74) is 2.40. The second kappa shape index (κ2) is 5.11. The standard InChI is InChI=1S/C17H20N4/c1-12-17(19-8-7-18-12)20-16-14-10-21(11-15(14)16)9-13-5-3-2-4-6-13/h2-8,14-16H,9-11H2,1H3,(H,19,20). The van der Waals surface area contributed by atoms with E-state index in [1.54, 1.807) is 12.4 Å². The predicted molar refractivity (Wildman–Crippen MR) is 82.9 cm³/mol. The van der Waals surface area contributed by atoms with Gasteiger partial charge in [0.1, 0.15) is 5.82 Å². The molecule has 2 aromatic rings. The highest BCUT2D eigenvalue weighted by Crippen LogP contribution is 2.47. The largest absolute Gasteiger partial charge is 0.365 e. The quantitative estimate of drug-likeness (QED) is 0.933. The number of hydrogen-bond donors (Lipinski definition) is 1. The summed E-state index contributed by atoms with van der Waals surface area (Å²) < 4.78 is 0. The van der Waals surface area contributed by atoms with Gasteiger partial charge in [0.25, 0.3) is 0 Å². The first-order valence-corrected chi connectivity index (χ1v) is 7.62. The predicted octanol–water partition coefficient (Wildman–Crippen LogP) is 2.33. The third-order valence-electron chi connectivity index (χ3n) is 4.70. The molecule has 0 spiro atoms. The number of likely N-dealkylation sites (tertiary alicyclic amines) is 1. The van der Waals surface area contributed by atoms with Crippen molar-refractivity contribution in [2.24, 2.45) is 11.8 Å². The molecule has 2 aliphatic rings. The van der Waals surface area contributed by atoms with E-state index in [0.29, 0.717) is 6.04 Å². The third-order valence-corrected chi connectivity index (χ3v) is 4.70. The molecule has 1 aromatic carbocycles. The fraction of sp³-hybridized carbons (Fsp3) is 0.412. The number of aromatic nitrogens is 2. The Kier molecular flexibility index (Phi) is 3.11. The van der Waals surface area contributed by atoms with Crippen LogP contribution < -0.4 is 5.32 Å². The zero-order valence-electron chi connectivity index (χ0n) is 12.2. The summed E-state index contributed by atoms with van der Waals surface area (Å²) in [6.07, 6.45) is 3.50. The molecular formula is C17H20N4. The number of anilines is 1. The fourth-order valence-corrected chi connectivity index (χ4v) is 3.51. The van der Waals surface area contributed by atoms with Crippen molar-refractivity contribution in [3.05, 3.63) is 54.0 Å². The Hall–Kier alpha value is -1.94. The lowest BCUT2D eigenvalue weighted by Gasteiger charge is -2.20. The molecule has 1 aliphatic carbocycles. The molecule has 2 fully saturated rings. The maximum atomic E-state index is 4.39. The van der Waals surface area contributed by atoms with Crippen LogP contribution in [0.5, 0.6) is 0 Å². The van der Waals surface area contributed by atoms with Crippen LogP contribution in [0.4, 0.5) is 5.82 Å². The third kappa shape index (κ3) is 2.51. The molecule has 4 heteroatoms. The lowest BCUT2D eigenvalue weighted by atomic mass is 10.2. The van der Waals surface area contributed by atoms with Crippen molar-refractivity contribution < 1.29 is 0 Å². The summed E-state index contributed by atoms with van der Waals surface area (Å²) in [7, 11) is 0. The van der Waals surface area contributed by atoms with Crippen LogP contribution in [0, 0.1) is 18.8 Å². The zero-order chi connectivity index (χ0) is 14.2. The van der Waals surface area contributed by atoms with Crippen LogP contribution in [0.3, 0.4) is 0 Å². The Balaban J connectivity index is 1.33. The van der Waals surface area contributed by atoms with E-state index < -0.39 is 0 Å². The van der Waals surface area contributed by atoms with Gasteiger partial charge in [-0.05, 0) is 24.3 Å². The van der Waals surface area contributed by atoms with Crippen LogP contribution in [0.1, 0.15) is 11.3 Å². The maximum absolute atomic E-state index is 4.39. The minimum absolute atomic E-state index is 0.590. The molecule has 4 nitrogen and oxygen atoms in total. The minimum Gasteiger partial charge on any atom is -0.365 e. The number of benzene rings is 1. The van der Waals surface area contributed by atoms with Gasteiger partial charge in [0, 0.05) is 38.1 Å². The lowest BCUT2D eigenvalue weighted by Crippen LogP contribution is -2.27. The Morgan fingerprint density at radius 3 is 2.52 bits per heavy atom. The van der Waals surface area contributed by atoms with E-state index >= 15 is 0 Å². The first-order chi connectivity index (χ1) is 10.3. The van der Waals surface area contributed by atoms with Gasteiger partial charge in [-0.2, -0.15) is 0 Å². The molecule has 0 bridgehead atoms. The molecule has 108 valence electrons. The van der Waals surface area contributed by atoms with E-state index in [2.05, 4.69) is 50.5 Å². The van der Waals surface area contributed by atoms with Crippen LogP contribution in [0.25, 0.3) is 0 Å². The number of rotatable bonds is 4. The Bertz CT molecular complexity index is 616. The van der Waals surface area contributed by atoms with Crippen molar-refractivity contribution in [1.82, 2.24) is 14.9 Å². The SMILES string of the molecule is Cc1nccnc1NC1C2CN(Cc3ccccc3)CC21. The highest BCUT2D eigenvalue weighted by molar-refractivity contribution is 5.42. The van der Waals surface area contributed by atoms with Gasteiger partial charge in [-0.25, -0.2) is 4.98 Å². The fourth-order valence-electron chi connectivity index (χ4n) is 3.51. The maximum Gasteiger partial charge on any atom is 0.147 e. The van der Waals surface area contributed by atoms with E-state index in [9.17, 15) is 0 Å². The van der Waals surface area contributed by atoms with Gasteiger partial charge in [-0.1, -0.05) is 30.3 Å². The number of nitrogens with one attached hydrogen (secondary N) is 1. The van der Waals surface area contributed by atoms with Gasteiger partial charge in [0.15, 0.2) is 0 Å². The average Bonchev–Trinajstić information content (AvgIpc) is 2.94. The molecule has 21 heavy (non-hydrogen) atoms. The first-order valence-electron chi connectivity index (χ1n) is 7.62. The molecule has 2 unspecified atom stereocenters. The van der Waals surface area contributed by atoms with Crippen molar-refractivity contribution in [1.29, 1.82) is 0 Å². The van der Waals surface area contributed by atoms with Gasteiger partial charge in [0.05, 0.1) is 5.69 Å². The van der Waals surface area contributed by atoms with Gasteiger partial charge >= 0.3 is 0 Å². The van der Waals surface area contributed by atoms with Crippen molar-refractivity contribution in [3.63, 3.8) is 0 Å². The normalized spacial score (nSPS) is 27.4. The van der Waals surface area contributed by atoms with Crippen molar-refractivity contribution in [3.8, 4) is 0 Å². The topological polar surface area (TPSA) is 41.1 Å². The number of aryl methyl sites for hydroxylation is 1. The summed E-state index contributed by atoms with van der Waals surface area (Å²) in [6, 6.07) is 11.3. The van der Waals surface area contributed by atoms with Crippen LogP contribution in [0.2, 0.25) is 0 Å². The molecule has 1 aromatic heterocycles. The highest BCUT2D eigenvalue weighted by Gasteiger charge is 2.55. The molecule has 2 atom stereocenters. The number of hydrogen-bond acceptors (Lipinski definition) is 4. The molecule has 1 saturated carbocycles. The van der Waals surface area contributed by atoms with E-state index in [1.807, 2.05) is 6.92 Å². The average molecular weight is 280 g/mol. The van der Waals surface area contributed by atoms with Gasteiger partial charge in [0.2, 0.25) is 0 Å². The molecular weight excluding hydrogens is 260 g/mol. The summed E-state index contributed by atoms with van der Waals surface area (Å²) >= 11 is 0. The van der Waals surface area contributed by atoms with Gasteiger partial charge < -0.3 is 5.32 Å². The Labute approximate surface area is 125 Å². The van der Waals surface area contributed by atoms with Gasteiger partial charge in [-0.15, -0.1) is 0 Å². The number of fused-ring (bicyclic) bond motifs is 1. The Morgan fingerprint density at radius 1 is 1.10 bits per heavy atom. The van der Waals surface area contributed by atoms with Crippen molar-refractivity contribution >= 4 is 5.82 Å². The molecule has 0 amide bonds. The van der Waals surface area contributed by atoms with Crippen LogP contribution in [0.15, 0.2) is 42.7 Å². The molecule has 0 radical (unpaired) electrons. The van der Waals surface area contributed by atoms with E-state index in [1.165, 1.54) is 18.7 Å². The van der Waals surface area contributed by atoms with Gasteiger partial charge in [-0.3, -0.25) is 9.88 Å². The lowest BCUT2D eigenvalue weighted by molar-refractivity contribution is 0.292. The number of nitrogens with zero attached hydrogens (tertiary/aromatic N) is 3. The van der Waals surface area contributed by atoms with Crippen LogP contribution in [-0.4, -0.2) is 34.0 Å². The molecule has 1 N–H and O–H groups in total. The Morgan fingerprint density at radius 2 is 1.81 bits per heavy atom. The van der Waals surface area contributed by atoms with E-state index in [0.717, 1.165) is 29.9 Å². The summed E-state index contributed by atoms with van der Waals surface area (Å²) in [5.74, 6) is 2.50. The molecule has 4 rings (SSSR count). The smallest absolute Gasteiger partial charge is 0.147 e. The van der Waals surface area contributed by atoms with E-state index in [-0.39, 0.29) is 0 Å². The zero-order valence-corrected chi connectivity index (χ0v) is 12.2. The monoisotopic (exact) mass is 280 g/mol. The molecule has 1 aliphatic heterocycles.